The standard InChI is InChI=1S/C17H25N3O3S/c1-2-18-11-14-5-3-4-6-15(14)19-16(21)12-24-13-17(22)20-7-9-23-10-8-20/h3-6,18H,2,7-13H2,1H3,(H,19,21). The Morgan fingerprint density at radius 3 is 2.71 bits per heavy atom. The maximum atomic E-state index is 12.1. The molecule has 1 heterocycles. The highest BCUT2D eigenvalue weighted by Crippen LogP contribution is 2.15. The molecule has 24 heavy (non-hydrogen) atoms. The lowest BCUT2D eigenvalue weighted by atomic mass is 10.1. The largest absolute Gasteiger partial charge is 0.378 e. The molecule has 6 nitrogen and oxygen atoms in total. The third kappa shape index (κ3) is 6.14. The molecule has 2 amide bonds. The summed E-state index contributed by atoms with van der Waals surface area (Å²) in [6, 6.07) is 7.75. The van der Waals surface area contributed by atoms with Crippen molar-refractivity contribution in [3.8, 4) is 0 Å². The van der Waals surface area contributed by atoms with E-state index in [-0.39, 0.29) is 17.6 Å². The Morgan fingerprint density at radius 1 is 1.21 bits per heavy atom. The molecule has 2 rings (SSSR count). The minimum atomic E-state index is -0.0845. The van der Waals surface area contributed by atoms with Crippen LogP contribution in [0.4, 0.5) is 5.69 Å². The molecule has 1 fully saturated rings. The molecule has 1 saturated heterocycles. The number of rotatable bonds is 8. The number of hydrogen-bond donors (Lipinski definition) is 2. The average molecular weight is 351 g/mol. The van der Waals surface area contributed by atoms with Gasteiger partial charge in [-0.1, -0.05) is 25.1 Å². The number of morpholine rings is 1. The number of amides is 2. The number of hydrogen-bond acceptors (Lipinski definition) is 5. The fourth-order valence-electron chi connectivity index (χ4n) is 2.38. The van der Waals surface area contributed by atoms with Crippen molar-refractivity contribution in [3.63, 3.8) is 0 Å². The van der Waals surface area contributed by atoms with Crippen molar-refractivity contribution >= 4 is 29.3 Å². The average Bonchev–Trinajstić information content (AvgIpc) is 2.61. The number of para-hydroxylation sites is 1. The molecule has 0 atom stereocenters. The SMILES string of the molecule is CCNCc1ccccc1NC(=O)CSCC(=O)N1CCOCC1. The summed E-state index contributed by atoms with van der Waals surface area (Å²) in [4.78, 5) is 25.9. The van der Waals surface area contributed by atoms with Crippen LogP contribution in [0.25, 0.3) is 0 Å². The number of anilines is 1. The number of benzene rings is 1. The minimum Gasteiger partial charge on any atom is -0.378 e. The molecule has 1 aliphatic heterocycles. The van der Waals surface area contributed by atoms with Gasteiger partial charge in [-0.25, -0.2) is 0 Å². The monoisotopic (exact) mass is 351 g/mol. The van der Waals surface area contributed by atoms with Crippen LogP contribution in [0.5, 0.6) is 0 Å². The van der Waals surface area contributed by atoms with E-state index in [0.29, 0.717) is 32.1 Å². The van der Waals surface area contributed by atoms with Gasteiger partial charge in [0.25, 0.3) is 0 Å². The highest BCUT2D eigenvalue weighted by Gasteiger charge is 2.17. The summed E-state index contributed by atoms with van der Waals surface area (Å²) >= 11 is 1.35. The minimum absolute atomic E-state index is 0.0728. The normalized spacial score (nSPS) is 14.5. The molecule has 0 aromatic heterocycles. The summed E-state index contributed by atoms with van der Waals surface area (Å²) in [6.07, 6.45) is 0. The summed E-state index contributed by atoms with van der Waals surface area (Å²) in [6.45, 7) is 6.12. The van der Waals surface area contributed by atoms with Gasteiger partial charge in [-0.15, -0.1) is 11.8 Å². The van der Waals surface area contributed by atoms with E-state index in [1.165, 1.54) is 11.8 Å². The van der Waals surface area contributed by atoms with Gasteiger partial charge in [0, 0.05) is 25.3 Å². The number of ether oxygens (including phenoxy) is 1. The molecular formula is C17H25N3O3S. The van der Waals surface area contributed by atoms with Crippen molar-refractivity contribution in [2.45, 2.75) is 13.5 Å². The molecule has 0 radical (unpaired) electrons. The van der Waals surface area contributed by atoms with Crippen LogP contribution < -0.4 is 10.6 Å². The molecule has 132 valence electrons. The first-order chi connectivity index (χ1) is 11.7. The molecule has 1 aromatic rings. The zero-order valence-electron chi connectivity index (χ0n) is 14.0. The Balaban J connectivity index is 1.74. The molecule has 7 heteroatoms. The van der Waals surface area contributed by atoms with E-state index in [2.05, 4.69) is 10.6 Å². The van der Waals surface area contributed by atoms with Crippen LogP contribution in [-0.4, -0.2) is 61.1 Å². The highest BCUT2D eigenvalue weighted by molar-refractivity contribution is 8.00. The highest BCUT2D eigenvalue weighted by atomic mass is 32.2. The second-order valence-corrected chi connectivity index (χ2v) is 6.46. The van der Waals surface area contributed by atoms with Crippen molar-refractivity contribution in [1.29, 1.82) is 0 Å². The van der Waals surface area contributed by atoms with E-state index in [1.807, 2.05) is 31.2 Å². The summed E-state index contributed by atoms with van der Waals surface area (Å²) in [5.74, 6) is 0.584. The van der Waals surface area contributed by atoms with Gasteiger partial charge in [-0.05, 0) is 18.2 Å². The lowest BCUT2D eigenvalue weighted by molar-refractivity contribution is -0.132. The Morgan fingerprint density at radius 2 is 1.96 bits per heavy atom. The topological polar surface area (TPSA) is 70.7 Å². The number of carbonyl (C=O) groups is 2. The van der Waals surface area contributed by atoms with Crippen LogP contribution in [0.15, 0.2) is 24.3 Å². The van der Waals surface area contributed by atoms with Crippen molar-refractivity contribution in [3.05, 3.63) is 29.8 Å². The van der Waals surface area contributed by atoms with Gasteiger partial charge < -0.3 is 20.3 Å². The smallest absolute Gasteiger partial charge is 0.234 e. The number of carbonyl (C=O) groups excluding carboxylic acids is 2. The lowest BCUT2D eigenvalue weighted by Crippen LogP contribution is -2.41. The Hall–Kier alpha value is -1.57. The molecule has 2 N–H and O–H groups in total. The quantitative estimate of drug-likeness (QED) is 0.739. The number of nitrogens with zero attached hydrogens (tertiary/aromatic N) is 1. The molecule has 0 aliphatic carbocycles. The molecule has 0 spiro atoms. The van der Waals surface area contributed by atoms with Crippen LogP contribution in [-0.2, 0) is 20.9 Å². The fraction of sp³-hybridized carbons (Fsp3) is 0.529. The summed E-state index contributed by atoms with van der Waals surface area (Å²) in [5, 5.41) is 6.18. The van der Waals surface area contributed by atoms with Gasteiger partial charge in [-0.2, -0.15) is 0 Å². The fourth-order valence-corrected chi connectivity index (χ4v) is 3.09. The van der Waals surface area contributed by atoms with Gasteiger partial charge in [-0.3, -0.25) is 9.59 Å². The summed E-state index contributed by atoms with van der Waals surface area (Å²) < 4.78 is 5.23. The van der Waals surface area contributed by atoms with E-state index in [0.717, 1.165) is 24.3 Å². The maximum absolute atomic E-state index is 12.1. The van der Waals surface area contributed by atoms with Gasteiger partial charge in [0.05, 0.1) is 24.7 Å². The zero-order chi connectivity index (χ0) is 17.2. The van der Waals surface area contributed by atoms with Crippen LogP contribution in [0.3, 0.4) is 0 Å². The first kappa shape index (κ1) is 18.8. The van der Waals surface area contributed by atoms with Crippen molar-refractivity contribution < 1.29 is 14.3 Å². The molecule has 0 unspecified atom stereocenters. The third-order valence-electron chi connectivity index (χ3n) is 3.68. The predicted octanol–water partition coefficient (Wildman–Crippen LogP) is 1.33. The summed E-state index contributed by atoms with van der Waals surface area (Å²) in [5.41, 5.74) is 1.88. The van der Waals surface area contributed by atoms with Crippen molar-refractivity contribution in [1.82, 2.24) is 10.2 Å². The summed E-state index contributed by atoms with van der Waals surface area (Å²) in [7, 11) is 0. The van der Waals surface area contributed by atoms with Crippen LogP contribution >= 0.6 is 11.8 Å². The Labute approximate surface area is 147 Å². The lowest BCUT2D eigenvalue weighted by Gasteiger charge is -2.26. The second-order valence-electron chi connectivity index (χ2n) is 5.47. The second kappa shape index (κ2) is 10.3. The van der Waals surface area contributed by atoms with Crippen LogP contribution in [0.1, 0.15) is 12.5 Å². The first-order valence-electron chi connectivity index (χ1n) is 8.22. The number of thioether (sulfide) groups is 1. The molecule has 1 aliphatic rings. The van der Waals surface area contributed by atoms with Gasteiger partial charge in [0.15, 0.2) is 0 Å². The van der Waals surface area contributed by atoms with Gasteiger partial charge in [0.1, 0.15) is 0 Å². The maximum Gasteiger partial charge on any atom is 0.234 e. The Kier molecular flexibility index (Phi) is 8.07. The van der Waals surface area contributed by atoms with Crippen molar-refractivity contribution in [2.75, 3.05) is 49.7 Å². The van der Waals surface area contributed by atoms with E-state index < -0.39 is 0 Å². The third-order valence-corrected chi connectivity index (χ3v) is 4.60. The van der Waals surface area contributed by atoms with Gasteiger partial charge >= 0.3 is 0 Å². The molecule has 0 bridgehead atoms. The van der Waals surface area contributed by atoms with E-state index in [1.54, 1.807) is 4.90 Å². The molecule has 0 saturated carbocycles. The van der Waals surface area contributed by atoms with E-state index >= 15 is 0 Å². The Bertz CT molecular complexity index is 548. The first-order valence-corrected chi connectivity index (χ1v) is 9.38. The van der Waals surface area contributed by atoms with Gasteiger partial charge in [0.2, 0.25) is 11.8 Å². The van der Waals surface area contributed by atoms with Crippen LogP contribution in [0.2, 0.25) is 0 Å². The van der Waals surface area contributed by atoms with Crippen LogP contribution in [0, 0.1) is 0 Å². The van der Waals surface area contributed by atoms with E-state index in [9.17, 15) is 9.59 Å². The van der Waals surface area contributed by atoms with Crippen molar-refractivity contribution in [2.24, 2.45) is 0 Å². The zero-order valence-corrected chi connectivity index (χ0v) is 14.9. The molecular weight excluding hydrogens is 326 g/mol. The molecule has 1 aromatic carbocycles. The predicted molar refractivity (Wildman–Crippen MR) is 97.2 cm³/mol. The number of nitrogens with one attached hydrogen (secondary N) is 2. The van der Waals surface area contributed by atoms with E-state index in [4.69, 9.17) is 4.74 Å².